The molecule has 4 nitrogen and oxygen atoms in total. The van der Waals surface area contributed by atoms with Gasteiger partial charge in [-0.15, -0.1) is 0 Å². The van der Waals surface area contributed by atoms with Crippen molar-refractivity contribution in [1.82, 2.24) is 9.55 Å². The predicted octanol–water partition coefficient (Wildman–Crippen LogP) is 1.76. The van der Waals surface area contributed by atoms with Crippen molar-refractivity contribution in [3.63, 3.8) is 0 Å². The summed E-state index contributed by atoms with van der Waals surface area (Å²) >= 11 is 8.95. The zero-order valence-corrected chi connectivity index (χ0v) is 10.5. The Kier molecular flexibility index (Phi) is 5.11. The Bertz CT molecular complexity index is 427. The second-order valence-electron chi connectivity index (χ2n) is 3.18. The molecule has 0 aliphatic rings. The summed E-state index contributed by atoms with van der Waals surface area (Å²) in [7, 11) is 0. The summed E-state index contributed by atoms with van der Waals surface area (Å²) < 4.78 is 1.43. The van der Waals surface area contributed by atoms with Crippen LogP contribution in [-0.2, 0) is 6.54 Å². The number of aromatic amines is 1. The monoisotopic (exact) mass is 294 g/mol. The van der Waals surface area contributed by atoms with Crippen LogP contribution in [0, 0.1) is 0 Å². The van der Waals surface area contributed by atoms with Gasteiger partial charge in [0, 0.05) is 18.1 Å². The molecule has 0 radical (unpaired) electrons. The second-order valence-corrected chi connectivity index (χ2v) is 4.38. The Balaban J connectivity index is 2.66. The Morgan fingerprint density at radius 3 is 2.73 bits per heavy atom. The van der Waals surface area contributed by atoms with E-state index < -0.39 is 11.2 Å². The number of alkyl halides is 1. The fourth-order valence-electron chi connectivity index (χ4n) is 1.20. The van der Waals surface area contributed by atoms with Crippen molar-refractivity contribution in [3.8, 4) is 0 Å². The Morgan fingerprint density at radius 1 is 1.33 bits per heavy atom. The van der Waals surface area contributed by atoms with Crippen LogP contribution < -0.4 is 11.2 Å². The molecule has 0 atom stereocenters. The van der Waals surface area contributed by atoms with Gasteiger partial charge in [-0.2, -0.15) is 0 Å². The van der Waals surface area contributed by atoms with Crippen LogP contribution in [0.1, 0.15) is 19.3 Å². The molecule has 0 bridgehead atoms. The van der Waals surface area contributed by atoms with Crippen molar-refractivity contribution in [2.45, 2.75) is 25.8 Å². The molecular weight excluding hydrogens is 283 g/mol. The molecule has 0 saturated carbocycles. The zero-order valence-electron chi connectivity index (χ0n) is 8.13. The summed E-state index contributed by atoms with van der Waals surface area (Å²) in [5.41, 5.74) is -0.929. The van der Waals surface area contributed by atoms with E-state index in [0.29, 0.717) is 6.54 Å². The lowest BCUT2D eigenvalue weighted by molar-refractivity contribution is 0.577. The molecule has 0 fully saturated rings. The molecule has 1 aromatic rings. The van der Waals surface area contributed by atoms with Gasteiger partial charge in [-0.25, -0.2) is 4.79 Å². The van der Waals surface area contributed by atoms with Crippen molar-refractivity contribution < 1.29 is 0 Å². The number of nitrogens with zero attached hydrogens (tertiary/aromatic N) is 1. The van der Waals surface area contributed by atoms with Crippen LogP contribution in [0.15, 0.2) is 15.8 Å². The fraction of sp³-hybridized carbons (Fsp3) is 0.556. The van der Waals surface area contributed by atoms with Gasteiger partial charge in [-0.3, -0.25) is 14.3 Å². The average molecular weight is 296 g/mol. The maximum absolute atomic E-state index is 11.3. The highest BCUT2D eigenvalue weighted by atomic mass is 79.9. The third-order valence-electron chi connectivity index (χ3n) is 2.00. The average Bonchev–Trinajstić information content (AvgIpc) is 2.20. The van der Waals surface area contributed by atoms with Crippen molar-refractivity contribution in [2.24, 2.45) is 0 Å². The molecule has 0 unspecified atom stereocenters. The van der Waals surface area contributed by atoms with E-state index in [0.717, 1.165) is 24.6 Å². The summed E-state index contributed by atoms with van der Waals surface area (Å²) in [5, 5.41) is 1.02. The summed E-state index contributed by atoms with van der Waals surface area (Å²) in [5.74, 6) is 0. The standard InChI is InChI=1S/C9H12BrClN2O2/c10-4-2-1-3-5-13-6-7(11)8(14)12-9(13)15/h6H,1-5H2,(H,12,14,15). The number of halogens is 2. The van der Waals surface area contributed by atoms with E-state index in [4.69, 9.17) is 11.6 Å². The van der Waals surface area contributed by atoms with Crippen LogP contribution in [0.5, 0.6) is 0 Å². The molecule has 1 heterocycles. The van der Waals surface area contributed by atoms with Crippen molar-refractivity contribution in [1.29, 1.82) is 0 Å². The summed E-state index contributed by atoms with van der Waals surface area (Å²) in [6.45, 7) is 0.586. The van der Waals surface area contributed by atoms with Gasteiger partial charge in [0.1, 0.15) is 5.02 Å². The highest BCUT2D eigenvalue weighted by Gasteiger charge is 2.01. The smallest absolute Gasteiger partial charge is 0.299 e. The molecule has 1 rings (SSSR count). The number of hydrogen-bond acceptors (Lipinski definition) is 2. The summed E-state index contributed by atoms with van der Waals surface area (Å²) in [6, 6.07) is 0. The van der Waals surface area contributed by atoms with Gasteiger partial charge in [0.2, 0.25) is 0 Å². The molecule has 0 amide bonds. The lowest BCUT2D eigenvalue weighted by Gasteiger charge is -2.04. The predicted molar refractivity (Wildman–Crippen MR) is 64.0 cm³/mol. The molecule has 1 aromatic heterocycles. The molecule has 1 N–H and O–H groups in total. The third kappa shape index (κ3) is 3.83. The van der Waals surface area contributed by atoms with Gasteiger partial charge < -0.3 is 0 Å². The summed E-state index contributed by atoms with van der Waals surface area (Å²) in [4.78, 5) is 24.4. The SMILES string of the molecule is O=c1[nH]c(=O)n(CCCCCBr)cc1Cl. The van der Waals surface area contributed by atoms with Gasteiger partial charge in [0.05, 0.1) is 0 Å². The molecule has 0 spiro atoms. The van der Waals surface area contributed by atoms with Crippen molar-refractivity contribution >= 4 is 27.5 Å². The first-order chi connectivity index (χ1) is 7.15. The van der Waals surface area contributed by atoms with E-state index in [2.05, 4.69) is 20.9 Å². The summed E-state index contributed by atoms with van der Waals surface area (Å²) in [6.07, 6.45) is 4.39. The van der Waals surface area contributed by atoms with Crippen LogP contribution in [0.25, 0.3) is 0 Å². The van der Waals surface area contributed by atoms with E-state index in [1.54, 1.807) is 0 Å². The Labute approximate surface area is 100 Å². The lowest BCUT2D eigenvalue weighted by Crippen LogP contribution is -2.29. The van der Waals surface area contributed by atoms with Crippen LogP contribution >= 0.6 is 27.5 Å². The first-order valence-electron chi connectivity index (χ1n) is 4.70. The van der Waals surface area contributed by atoms with E-state index in [9.17, 15) is 9.59 Å². The Morgan fingerprint density at radius 2 is 2.07 bits per heavy atom. The van der Waals surface area contributed by atoms with E-state index in [1.807, 2.05) is 0 Å². The number of aromatic nitrogens is 2. The zero-order chi connectivity index (χ0) is 11.3. The van der Waals surface area contributed by atoms with Crippen LogP contribution in [-0.4, -0.2) is 14.9 Å². The number of H-pyrrole nitrogens is 1. The topological polar surface area (TPSA) is 54.9 Å². The van der Waals surface area contributed by atoms with Crippen LogP contribution in [0.3, 0.4) is 0 Å². The molecule has 0 aliphatic carbocycles. The number of nitrogens with one attached hydrogen (secondary N) is 1. The molecule has 6 heteroatoms. The molecular formula is C9H12BrClN2O2. The molecule has 0 aliphatic heterocycles. The Hall–Kier alpha value is -0.550. The highest BCUT2D eigenvalue weighted by Crippen LogP contribution is 2.01. The molecule has 0 aromatic carbocycles. The number of hydrogen-bond donors (Lipinski definition) is 1. The van der Waals surface area contributed by atoms with Crippen LogP contribution in [0.4, 0.5) is 0 Å². The fourth-order valence-corrected chi connectivity index (χ4v) is 1.76. The van der Waals surface area contributed by atoms with Gasteiger partial charge in [-0.1, -0.05) is 34.0 Å². The van der Waals surface area contributed by atoms with Crippen LogP contribution in [0.2, 0.25) is 5.02 Å². The number of aryl methyl sites for hydroxylation is 1. The van der Waals surface area contributed by atoms with Gasteiger partial charge in [0.15, 0.2) is 0 Å². The first kappa shape index (κ1) is 12.5. The quantitative estimate of drug-likeness (QED) is 0.665. The minimum atomic E-state index is -0.529. The van der Waals surface area contributed by atoms with E-state index in [1.165, 1.54) is 10.8 Å². The number of rotatable bonds is 5. The normalized spacial score (nSPS) is 10.5. The second kappa shape index (κ2) is 6.12. The maximum Gasteiger partial charge on any atom is 0.328 e. The van der Waals surface area contributed by atoms with Crippen molar-refractivity contribution in [3.05, 3.63) is 32.1 Å². The minimum Gasteiger partial charge on any atom is -0.299 e. The number of unbranched alkanes of at least 4 members (excludes halogenated alkanes) is 2. The maximum atomic E-state index is 11.3. The molecule has 0 saturated heterocycles. The largest absolute Gasteiger partial charge is 0.328 e. The van der Waals surface area contributed by atoms with Gasteiger partial charge in [-0.05, 0) is 12.8 Å². The van der Waals surface area contributed by atoms with E-state index in [-0.39, 0.29) is 5.02 Å². The molecule has 84 valence electrons. The molecule has 15 heavy (non-hydrogen) atoms. The van der Waals surface area contributed by atoms with Crippen molar-refractivity contribution in [2.75, 3.05) is 5.33 Å². The first-order valence-corrected chi connectivity index (χ1v) is 6.20. The minimum absolute atomic E-state index is 0.0510. The van der Waals surface area contributed by atoms with Gasteiger partial charge in [0.25, 0.3) is 5.56 Å². The highest BCUT2D eigenvalue weighted by molar-refractivity contribution is 9.09. The lowest BCUT2D eigenvalue weighted by atomic mass is 10.2. The van der Waals surface area contributed by atoms with Gasteiger partial charge >= 0.3 is 5.69 Å². The third-order valence-corrected chi connectivity index (χ3v) is 2.83. The van der Waals surface area contributed by atoms with E-state index >= 15 is 0 Å².